The van der Waals surface area contributed by atoms with E-state index in [1.165, 1.54) is 16.9 Å². The molecule has 26 heavy (non-hydrogen) atoms. The highest BCUT2D eigenvalue weighted by Crippen LogP contribution is 2.40. The quantitative estimate of drug-likeness (QED) is 0.735. The first-order valence-electron chi connectivity index (χ1n) is 8.95. The van der Waals surface area contributed by atoms with Crippen LogP contribution in [-0.4, -0.2) is 28.9 Å². The highest BCUT2D eigenvalue weighted by molar-refractivity contribution is 5.81. The summed E-state index contributed by atoms with van der Waals surface area (Å²) in [5, 5.41) is 7.44. The van der Waals surface area contributed by atoms with E-state index in [1.54, 1.807) is 0 Å². The molecule has 0 amide bonds. The maximum absolute atomic E-state index is 4.96. The molecule has 0 saturated carbocycles. The van der Waals surface area contributed by atoms with Crippen molar-refractivity contribution in [1.82, 2.24) is 15.2 Å². The maximum atomic E-state index is 4.96. The van der Waals surface area contributed by atoms with E-state index in [-0.39, 0.29) is 5.41 Å². The van der Waals surface area contributed by atoms with E-state index in [1.807, 2.05) is 13.0 Å². The SMILES string of the molecule is Cc1cc(-c2cc(C(C)(C)C)cc(N3CN(C)c4ccccc43)n2)n[nH]1. The van der Waals surface area contributed by atoms with Gasteiger partial charge in [0, 0.05) is 12.7 Å². The second kappa shape index (κ2) is 5.87. The third-order valence-corrected chi connectivity index (χ3v) is 4.86. The monoisotopic (exact) mass is 347 g/mol. The molecule has 3 aromatic rings. The van der Waals surface area contributed by atoms with Gasteiger partial charge in [0.25, 0.3) is 0 Å². The number of benzene rings is 1. The molecule has 2 aromatic heterocycles. The number of pyridine rings is 1. The first-order valence-corrected chi connectivity index (χ1v) is 8.95. The molecule has 0 saturated heterocycles. The van der Waals surface area contributed by atoms with E-state index in [4.69, 9.17) is 4.98 Å². The van der Waals surface area contributed by atoms with Crippen LogP contribution in [0.1, 0.15) is 32.0 Å². The number of fused-ring (bicyclic) bond motifs is 1. The largest absolute Gasteiger partial charge is 0.355 e. The molecule has 0 unspecified atom stereocenters. The second-order valence-electron chi connectivity index (χ2n) is 8.04. The summed E-state index contributed by atoms with van der Waals surface area (Å²) in [7, 11) is 2.12. The minimum atomic E-state index is 0.0307. The van der Waals surface area contributed by atoms with Crippen molar-refractivity contribution >= 4 is 17.2 Å². The van der Waals surface area contributed by atoms with E-state index in [2.05, 4.69) is 84.2 Å². The Bertz CT molecular complexity index is 951. The molecule has 1 aromatic carbocycles. The Kier molecular flexibility index (Phi) is 3.75. The van der Waals surface area contributed by atoms with Crippen LogP contribution in [0.2, 0.25) is 0 Å². The number of aromatic nitrogens is 3. The van der Waals surface area contributed by atoms with Crippen LogP contribution in [0.3, 0.4) is 0 Å². The molecule has 0 aliphatic carbocycles. The Morgan fingerprint density at radius 1 is 1.00 bits per heavy atom. The van der Waals surface area contributed by atoms with Gasteiger partial charge in [0.1, 0.15) is 11.5 Å². The van der Waals surface area contributed by atoms with Crippen molar-refractivity contribution < 1.29 is 0 Å². The molecule has 5 nitrogen and oxygen atoms in total. The molecule has 0 bridgehead atoms. The fourth-order valence-electron chi connectivity index (χ4n) is 3.34. The number of aromatic amines is 1. The summed E-state index contributed by atoms with van der Waals surface area (Å²) >= 11 is 0. The topological polar surface area (TPSA) is 48.1 Å². The number of rotatable bonds is 2. The van der Waals surface area contributed by atoms with Gasteiger partial charge >= 0.3 is 0 Å². The highest BCUT2D eigenvalue weighted by Gasteiger charge is 2.27. The predicted molar refractivity (Wildman–Crippen MR) is 107 cm³/mol. The minimum Gasteiger partial charge on any atom is -0.355 e. The number of hydrogen-bond donors (Lipinski definition) is 1. The number of hydrogen-bond acceptors (Lipinski definition) is 4. The summed E-state index contributed by atoms with van der Waals surface area (Å²) in [6, 6.07) is 14.9. The molecule has 1 aliphatic heterocycles. The molecule has 1 aliphatic rings. The number of H-pyrrole nitrogens is 1. The fourth-order valence-corrected chi connectivity index (χ4v) is 3.34. The lowest BCUT2D eigenvalue weighted by Crippen LogP contribution is -2.25. The first kappa shape index (κ1) is 16.6. The number of aryl methyl sites for hydroxylation is 1. The van der Waals surface area contributed by atoms with Crippen LogP contribution >= 0.6 is 0 Å². The van der Waals surface area contributed by atoms with Gasteiger partial charge < -0.3 is 9.80 Å². The molecule has 5 heteroatoms. The van der Waals surface area contributed by atoms with E-state index >= 15 is 0 Å². The summed E-state index contributed by atoms with van der Waals surface area (Å²) in [6.45, 7) is 9.50. The molecular formula is C21H25N5. The van der Waals surface area contributed by atoms with Gasteiger partial charge in [-0.25, -0.2) is 4.98 Å². The van der Waals surface area contributed by atoms with Crippen molar-refractivity contribution in [3.8, 4) is 11.4 Å². The van der Waals surface area contributed by atoms with Crippen LogP contribution in [0.15, 0.2) is 42.5 Å². The lowest BCUT2D eigenvalue weighted by molar-refractivity contribution is 0.589. The normalized spacial score (nSPS) is 14.0. The van der Waals surface area contributed by atoms with Gasteiger partial charge in [-0.05, 0) is 48.2 Å². The van der Waals surface area contributed by atoms with Crippen LogP contribution in [0.5, 0.6) is 0 Å². The van der Waals surface area contributed by atoms with Gasteiger partial charge in [-0.15, -0.1) is 0 Å². The van der Waals surface area contributed by atoms with Gasteiger partial charge in [0.2, 0.25) is 0 Å². The summed E-state index contributed by atoms with van der Waals surface area (Å²) in [4.78, 5) is 9.48. The molecule has 3 heterocycles. The van der Waals surface area contributed by atoms with Gasteiger partial charge in [0.05, 0.1) is 23.7 Å². The molecule has 0 fully saturated rings. The summed E-state index contributed by atoms with van der Waals surface area (Å²) in [5.74, 6) is 0.963. The smallest absolute Gasteiger partial charge is 0.135 e. The van der Waals surface area contributed by atoms with Gasteiger partial charge in [0.15, 0.2) is 0 Å². The third-order valence-electron chi connectivity index (χ3n) is 4.86. The maximum Gasteiger partial charge on any atom is 0.135 e. The van der Waals surface area contributed by atoms with Crippen molar-refractivity contribution in [3.05, 3.63) is 53.7 Å². The Hall–Kier alpha value is -2.82. The van der Waals surface area contributed by atoms with Crippen molar-refractivity contribution in [3.63, 3.8) is 0 Å². The zero-order valence-corrected chi connectivity index (χ0v) is 16.0. The zero-order valence-electron chi connectivity index (χ0n) is 16.0. The van der Waals surface area contributed by atoms with E-state index in [9.17, 15) is 0 Å². The van der Waals surface area contributed by atoms with Crippen molar-refractivity contribution in [2.24, 2.45) is 0 Å². The molecular weight excluding hydrogens is 322 g/mol. The molecule has 134 valence electrons. The predicted octanol–water partition coefficient (Wildman–Crippen LogP) is 4.62. The van der Waals surface area contributed by atoms with Crippen LogP contribution < -0.4 is 9.80 Å². The highest BCUT2D eigenvalue weighted by atomic mass is 15.4. The summed E-state index contributed by atoms with van der Waals surface area (Å²) in [6.07, 6.45) is 0. The van der Waals surface area contributed by atoms with Crippen LogP contribution in [0.4, 0.5) is 17.2 Å². The first-order chi connectivity index (χ1) is 12.3. The zero-order chi connectivity index (χ0) is 18.5. The van der Waals surface area contributed by atoms with Crippen LogP contribution in [0.25, 0.3) is 11.4 Å². The Morgan fingerprint density at radius 2 is 1.73 bits per heavy atom. The van der Waals surface area contributed by atoms with Crippen molar-refractivity contribution in [1.29, 1.82) is 0 Å². The van der Waals surface area contributed by atoms with Crippen LogP contribution in [-0.2, 0) is 5.41 Å². The molecule has 1 N–H and O–H groups in total. The van der Waals surface area contributed by atoms with Crippen molar-refractivity contribution in [2.45, 2.75) is 33.1 Å². The standard InChI is InChI=1S/C21H25N5/c1-14-10-17(24-23-14)16-11-15(21(2,3)4)12-20(22-16)26-13-25(5)18-8-6-7-9-19(18)26/h6-12H,13H2,1-5H3,(H,23,24). The molecule has 0 radical (unpaired) electrons. The lowest BCUT2D eigenvalue weighted by atomic mass is 9.87. The second-order valence-corrected chi connectivity index (χ2v) is 8.04. The number of anilines is 3. The number of para-hydroxylation sites is 2. The van der Waals surface area contributed by atoms with E-state index < -0.39 is 0 Å². The van der Waals surface area contributed by atoms with Gasteiger partial charge in [-0.1, -0.05) is 32.9 Å². The van der Waals surface area contributed by atoms with Gasteiger partial charge in [-0.3, -0.25) is 5.10 Å². The number of nitrogens with zero attached hydrogens (tertiary/aromatic N) is 4. The van der Waals surface area contributed by atoms with E-state index in [0.29, 0.717) is 0 Å². The van der Waals surface area contributed by atoms with Crippen LogP contribution in [0, 0.1) is 6.92 Å². The minimum absolute atomic E-state index is 0.0307. The fraction of sp³-hybridized carbons (Fsp3) is 0.333. The Morgan fingerprint density at radius 3 is 2.38 bits per heavy atom. The lowest BCUT2D eigenvalue weighted by Gasteiger charge is -2.24. The Labute approximate surface area is 154 Å². The average Bonchev–Trinajstić information content (AvgIpc) is 3.18. The Balaban J connectivity index is 1.86. The summed E-state index contributed by atoms with van der Waals surface area (Å²) < 4.78 is 0. The molecule has 4 rings (SSSR count). The van der Waals surface area contributed by atoms with Gasteiger partial charge in [-0.2, -0.15) is 5.10 Å². The summed E-state index contributed by atoms with van der Waals surface area (Å²) in [5.41, 5.74) is 6.54. The van der Waals surface area contributed by atoms with Crippen molar-refractivity contribution in [2.75, 3.05) is 23.5 Å². The third kappa shape index (κ3) is 2.83. The molecule has 0 atom stereocenters. The average molecular weight is 347 g/mol. The van der Waals surface area contributed by atoms with E-state index in [0.717, 1.165) is 29.6 Å². The molecule has 0 spiro atoms. The number of nitrogens with one attached hydrogen (secondary N) is 1.